The predicted octanol–water partition coefficient (Wildman–Crippen LogP) is 3.15. The molecule has 2 rings (SSSR count). The van der Waals surface area contributed by atoms with Gasteiger partial charge in [-0.3, -0.25) is 4.98 Å². The van der Waals surface area contributed by atoms with E-state index in [0.717, 1.165) is 17.7 Å². The molecule has 1 aromatic heterocycles. The van der Waals surface area contributed by atoms with Crippen LogP contribution >= 0.6 is 0 Å². The number of aryl methyl sites for hydroxylation is 1. The maximum absolute atomic E-state index is 10.1. The number of aliphatic hydroxyl groups excluding tert-OH is 1. The van der Waals surface area contributed by atoms with Crippen LogP contribution in [0.5, 0.6) is 5.75 Å². The molecule has 3 heteroatoms. The van der Waals surface area contributed by atoms with Gasteiger partial charge in [0, 0.05) is 12.4 Å². The Morgan fingerprint density at radius 2 is 1.79 bits per heavy atom. The fraction of sp³-hybridized carbons (Fsp3) is 0.312. The number of ether oxygens (including phenoxy) is 1. The van der Waals surface area contributed by atoms with Crippen molar-refractivity contribution < 1.29 is 9.84 Å². The first-order chi connectivity index (χ1) is 9.29. The summed E-state index contributed by atoms with van der Waals surface area (Å²) < 4.78 is 5.38. The van der Waals surface area contributed by atoms with Crippen molar-refractivity contribution in [1.82, 2.24) is 4.98 Å². The smallest absolute Gasteiger partial charge is 0.119 e. The minimum Gasteiger partial charge on any atom is -0.494 e. The number of aromatic nitrogens is 1. The molecule has 0 aliphatic carbocycles. The van der Waals surface area contributed by atoms with Crippen LogP contribution in [-0.2, 0) is 6.42 Å². The van der Waals surface area contributed by atoms with Crippen LogP contribution < -0.4 is 4.74 Å². The van der Waals surface area contributed by atoms with Crippen molar-refractivity contribution in [3.05, 3.63) is 59.9 Å². The molecule has 2 aromatic rings. The zero-order chi connectivity index (χ0) is 13.5. The van der Waals surface area contributed by atoms with E-state index in [1.165, 1.54) is 5.56 Å². The number of hydrogen-bond donors (Lipinski definition) is 1. The van der Waals surface area contributed by atoms with Gasteiger partial charge in [0.15, 0.2) is 0 Å². The van der Waals surface area contributed by atoms with Crippen LogP contribution in [0.3, 0.4) is 0 Å². The molecule has 0 saturated carbocycles. The van der Waals surface area contributed by atoms with E-state index in [1.54, 1.807) is 12.4 Å². The molecular weight excluding hydrogens is 238 g/mol. The molecule has 0 fully saturated rings. The maximum Gasteiger partial charge on any atom is 0.119 e. The molecule has 1 heterocycles. The van der Waals surface area contributed by atoms with Crippen molar-refractivity contribution in [1.29, 1.82) is 0 Å². The lowest BCUT2D eigenvalue weighted by Gasteiger charge is -2.11. The lowest BCUT2D eigenvalue weighted by Crippen LogP contribution is -2.00. The monoisotopic (exact) mass is 257 g/mol. The van der Waals surface area contributed by atoms with E-state index in [-0.39, 0.29) is 0 Å². The highest BCUT2D eigenvalue weighted by Crippen LogP contribution is 2.21. The van der Waals surface area contributed by atoms with Gasteiger partial charge in [0.1, 0.15) is 5.75 Å². The summed E-state index contributed by atoms with van der Waals surface area (Å²) in [6.07, 6.45) is 4.66. The molecule has 1 atom stereocenters. The third-order valence-corrected chi connectivity index (χ3v) is 3.03. The van der Waals surface area contributed by atoms with Crippen LogP contribution in [0.4, 0.5) is 0 Å². The van der Waals surface area contributed by atoms with Gasteiger partial charge in [-0.15, -0.1) is 0 Å². The molecule has 1 unspecified atom stereocenters. The molecule has 0 amide bonds. The Bertz CT molecular complexity index is 482. The van der Waals surface area contributed by atoms with Gasteiger partial charge in [0.05, 0.1) is 12.7 Å². The van der Waals surface area contributed by atoms with Gasteiger partial charge in [-0.05, 0) is 55.2 Å². The molecule has 1 aromatic carbocycles. The third kappa shape index (κ3) is 4.07. The van der Waals surface area contributed by atoms with Crippen molar-refractivity contribution in [3.8, 4) is 5.75 Å². The van der Waals surface area contributed by atoms with Crippen molar-refractivity contribution in [2.24, 2.45) is 0 Å². The highest BCUT2D eigenvalue weighted by molar-refractivity contribution is 5.28. The van der Waals surface area contributed by atoms with Crippen LogP contribution in [0, 0.1) is 0 Å². The summed E-state index contributed by atoms with van der Waals surface area (Å²) in [7, 11) is 0. The van der Waals surface area contributed by atoms with Gasteiger partial charge in [-0.1, -0.05) is 12.1 Å². The van der Waals surface area contributed by atoms with Gasteiger partial charge >= 0.3 is 0 Å². The lowest BCUT2D eigenvalue weighted by atomic mass is 10.0. The van der Waals surface area contributed by atoms with E-state index in [2.05, 4.69) is 4.98 Å². The standard InChI is InChI=1S/C16H19NO2/c1-2-19-15-6-4-14(5-7-15)16(18)8-3-13-9-11-17-12-10-13/h4-7,9-12,16,18H,2-3,8H2,1H3. The van der Waals surface area contributed by atoms with Crippen molar-refractivity contribution in [2.45, 2.75) is 25.9 Å². The Hall–Kier alpha value is -1.87. The van der Waals surface area contributed by atoms with Gasteiger partial charge in [0.2, 0.25) is 0 Å². The van der Waals surface area contributed by atoms with E-state index >= 15 is 0 Å². The van der Waals surface area contributed by atoms with Crippen LogP contribution in [0.1, 0.15) is 30.6 Å². The molecule has 19 heavy (non-hydrogen) atoms. The summed E-state index contributed by atoms with van der Waals surface area (Å²) in [5, 5.41) is 10.1. The summed E-state index contributed by atoms with van der Waals surface area (Å²) in [6, 6.07) is 11.6. The number of aliphatic hydroxyl groups is 1. The second kappa shape index (κ2) is 6.90. The normalized spacial score (nSPS) is 12.1. The van der Waals surface area contributed by atoms with Crippen molar-refractivity contribution in [3.63, 3.8) is 0 Å². The maximum atomic E-state index is 10.1. The first kappa shape index (κ1) is 13.6. The fourth-order valence-electron chi connectivity index (χ4n) is 1.97. The molecule has 0 aliphatic rings. The zero-order valence-corrected chi connectivity index (χ0v) is 11.1. The zero-order valence-electron chi connectivity index (χ0n) is 11.1. The number of rotatable bonds is 6. The lowest BCUT2D eigenvalue weighted by molar-refractivity contribution is 0.167. The molecule has 0 radical (unpaired) electrons. The molecule has 0 saturated heterocycles. The highest BCUT2D eigenvalue weighted by Gasteiger charge is 2.07. The number of pyridine rings is 1. The molecule has 1 N–H and O–H groups in total. The second-order valence-corrected chi connectivity index (χ2v) is 4.41. The summed E-state index contributed by atoms with van der Waals surface area (Å²) in [5.74, 6) is 0.840. The molecule has 0 bridgehead atoms. The topological polar surface area (TPSA) is 42.4 Å². The Balaban J connectivity index is 1.90. The summed E-state index contributed by atoms with van der Waals surface area (Å²) in [5.41, 5.74) is 2.12. The van der Waals surface area contributed by atoms with Crippen LogP contribution in [0.15, 0.2) is 48.8 Å². The predicted molar refractivity (Wildman–Crippen MR) is 75.1 cm³/mol. The van der Waals surface area contributed by atoms with Crippen molar-refractivity contribution in [2.75, 3.05) is 6.61 Å². The van der Waals surface area contributed by atoms with Gasteiger partial charge < -0.3 is 9.84 Å². The fourth-order valence-corrected chi connectivity index (χ4v) is 1.97. The number of nitrogens with zero attached hydrogens (tertiary/aromatic N) is 1. The van der Waals surface area contributed by atoms with E-state index in [1.807, 2.05) is 43.3 Å². The van der Waals surface area contributed by atoms with Crippen LogP contribution in [0.25, 0.3) is 0 Å². The minimum atomic E-state index is -0.441. The quantitative estimate of drug-likeness (QED) is 0.864. The SMILES string of the molecule is CCOc1ccc(C(O)CCc2ccncc2)cc1. The Morgan fingerprint density at radius 3 is 2.42 bits per heavy atom. The Labute approximate surface area is 113 Å². The molecule has 3 nitrogen and oxygen atoms in total. The second-order valence-electron chi connectivity index (χ2n) is 4.41. The average Bonchev–Trinajstić information content (AvgIpc) is 2.47. The number of benzene rings is 1. The van der Waals surface area contributed by atoms with Gasteiger partial charge in [-0.2, -0.15) is 0 Å². The van der Waals surface area contributed by atoms with E-state index < -0.39 is 6.10 Å². The van der Waals surface area contributed by atoms with E-state index in [4.69, 9.17) is 4.74 Å². The Kier molecular flexibility index (Phi) is 4.93. The molecule has 0 aliphatic heterocycles. The largest absolute Gasteiger partial charge is 0.494 e. The third-order valence-electron chi connectivity index (χ3n) is 3.03. The van der Waals surface area contributed by atoms with Gasteiger partial charge in [-0.25, -0.2) is 0 Å². The number of hydrogen-bond acceptors (Lipinski definition) is 3. The molecule has 0 spiro atoms. The van der Waals surface area contributed by atoms with E-state index in [9.17, 15) is 5.11 Å². The van der Waals surface area contributed by atoms with Crippen LogP contribution in [0.2, 0.25) is 0 Å². The Morgan fingerprint density at radius 1 is 1.11 bits per heavy atom. The minimum absolute atomic E-state index is 0.441. The average molecular weight is 257 g/mol. The summed E-state index contributed by atoms with van der Waals surface area (Å²) in [6.45, 7) is 2.61. The summed E-state index contributed by atoms with van der Waals surface area (Å²) >= 11 is 0. The first-order valence-electron chi connectivity index (χ1n) is 6.59. The molecular formula is C16H19NO2. The van der Waals surface area contributed by atoms with Crippen molar-refractivity contribution >= 4 is 0 Å². The highest BCUT2D eigenvalue weighted by atomic mass is 16.5. The van der Waals surface area contributed by atoms with E-state index in [0.29, 0.717) is 13.0 Å². The first-order valence-corrected chi connectivity index (χ1v) is 6.59. The summed E-state index contributed by atoms with van der Waals surface area (Å²) in [4.78, 5) is 3.98. The molecule has 100 valence electrons. The van der Waals surface area contributed by atoms with Gasteiger partial charge in [0.25, 0.3) is 0 Å². The van der Waals surface area contributed by atoms with Crippen LogP contribution in [-0.4, -0.2) is 16.7 Å².